The summed E-state index contributed by atoms with van der Waals surface area (Å²) < 4.78 is 1.99. The second-order valence-corrected chi connectivity index (χ2v) is 8.75. The van der Waals surface area contributed by atoms with Crippen molar-refractivity contribution < 1.29 is 0 Å². The number of hydrogen-bond acceptors (Lipinski definition) is 3. The molecule has 1 aliphatic rings. The SMILES string of the molecule is Cc1nnc(CN=C(NC2CCC(C)(C)CC2)NC(C)c2ccccc2)n1C. The molecule has 0 amide bonds. The lowest BCUT2D eigenvalue weighted by molar-refractivity contribution is 0.216. The lowest BCUT2D eigenvalue weighted by Gasteiger charge is -2.35. The maximum atomic E-state index is 4.84. The number of aliphatic imine (C=N–C) groups is 1. The summed E-state index contributed by atoms with van der Waals surface area (Å²) in [6, 6.07) is 11.1. The monoisotopic (exact) mass is 382 g/mol. The number of hydrogen-bond donors (Lipinski definition) is 2. The number of aromatic nitrogens is 3. The van der Waals surface area contributed by atoms with E-state index in [9.17, 15) is 0 Å². The Morgan fingerprint density at radius 1 is 1.21 bits per heavy atom. The van der Waals surface area contributed by atoms with E-state index in [-0.39, 0.29) is 6.04 Å². The number of nitrogens with zero attached hydrogens (tertiary/aromatic N) is 4. The van der Waals surface area contributed by atoms with Crippen molar-refractivity contribution in [2.75, 3.05) is 0 Å². The quantitative estimate of drug-likeness (QED) is 0.608. The van der Waals surface area contributed by atoms with Crippen LogP contribution in [0.15, 0.2) is 35.3 Å². The predicted octanol–water partition coefficient (Wildman–Crippen LogP) is 3.89. The van der Waals surface area contributed by atoms with Gasteiger partial charge in [0, 0.05) is 13.1 Å². The van der Waals surface area contributed by atoms with Gasteiger partial charge in [-0.25, -0.2) is 4.99 Å². The first-order chi connectivity index (χ1) is 13.3. The zero-order chi connectivity index (χ0) is 20.1. The molecule has 152 valence electrons. The van der Waals surface area contributed by atoms with Gasteiger partial charge in [-0.05, 0) is 50.5 Å². The summed E-state index contributed by atoms with van der Waals surface area (Å²) in [5, 5.41) is 15.6. The van der Waals surface area contributed by atoms with Gasteiger partial charge in [-0.1, -0.05) is 44.2 Å². The van der Waals surface area contributed by atoms with Crippen molar-refractivity contribution >= 4 is 5.96 Å². The zero-order valence-electron chi connectivity index (χ0n) is 17.9. The molecule has 0 saturated heterocycles. The second-order valence-electron chi connectivity index (χ2n) is 8.75. The van der Waals surface area contributed by atoms with Crippen molar-refractivity contribution in [2.45, 2.75) is 72.0 Å². The normalized spacial score (nSPS) is 18.7. The van der Waals surface area contributed by atoms with Gasteiger partial charge in [0.2, 0.25) is 0 Å². The summed E-state index contributed by atoms with van der Waals surface area (Å²) in [6.45, 7) is 9.36. The summed E-state index contributed by atoms with van der Waals surface area (Å²) in [7, 11) is 1.98. The van der Waals surface area contributed by atoms with Gasteiger partial charge in [-0.15, -0.1) is 10.2 Å². The van der Waals surface area contributed by atoms with E-state index in [1.807, 2.05) is 24.6 Å². The third-order valence-corrected chi connectivity index (χ3v) is 5.89. The van der Waals surface area contributed by atoms with Gasteiger partial charge < -0.3 is 15.2 Å². The van der Waals surface area contributed by atoms with E-state index in [4.69, 9.17) is 4.99 Å². The maximum absolute atomic E-state index is 4.84. The van der Waals surface area contributed by atoms with Crippen molar-refractivity contribution in [1.82, 2.24) is 25.4 Å². The molecule has 1 heterocycles. The summed E-state index contributed by atoms with van der Waals surface area (Å²) in [4.78, 5) is 4.84. The first-order valence-corrected chi connectivity index (χ1v) is 10.3. The lowest BCUT2D eigenvalue weighted by Crippen LogP contribution is -2.46. The molecule has 1 saturated carbocycles. The van der Waals surface area contributed by atoms with Crippen LogP contribution in [0.5, 0.6) is 0 Å². The predicted molar refractivity (Wildman–Crippen MR) is 114 cm³/mol. The fourth-order valence-electron chi connectivity index (χ4n) is 3.64. The molecule has 1 unspecified atom stereocenters. The molecule has 1 fully saturated rings. The molecule has 6 nitrogen and oxygen atoms in total. The molecule has 1 aliphatic carbocycles. The highest BCUT2D eigenvalue weighted by Gasteiger charge is 2.27. The first-order valence-electron chi connectivity index (χ1n) is 10.3. The standard InChI is InChI=1S/C22H34N6/c1-16(18-9-7-6-8-10-18)24-21(23-15-20-27-26-17(2)28(20)5)25-19-11-13-22(3,4)14-12-19/h6-10,16,19H,11-15H2,1-5H3,(H2,23,24,25). The van der Waals surface area contributed by atoms with Gasteiger partial charge in [-0.2, -0.15) is 0 Å². The minimum atomic E-state index is 0.175. The van der Waals surface area contributed by atoms with Crippen molar-refractivity contribution in [2.24, 2.45) is 17.5 Å². The van der Waals surface area contributed by atoms with Gasteiger partial charge >= 0.3 is 0 Å². The van der Waals surface area contributed by atoms with Crippen molar-refractivity contribution in [1.29, 1.82) is 0 Å². The second kappa shape index (κ2) is 8.76. The van der Waals surface area contributed by atoms with Gasteiger partial charge in [-0.3, -0.25) is 0 Å². The average Bonchev–Trinajstić information content (AvgIpc) is 3.00. The van der Waals surface area contributed by atoms with E-state index in [0.29, 0.717) is 18.0 Å². The average molecular weight is 383 g/mol. The third kappa shape index (κ3) is 5.33. The van der Waals surface area contributed by atoms with Gasteiger partial charge in [0.1, 0.15) is 12.4 Å². The molecular formula is C22H34N6. The molecule has 0 bridgehead atoms. The molecule has 2 N–H and O–H groups in total. The molecule has 2 aromatic rings. The minimum absolute atomic E-state index is 0.175. The van der Waals surface area contributed by atoms with Crippen LogP contribution in [0.25, 0.3) is 0 Å². The van der Waals surface area contributed by atoms with Gasteiger partial charge in [0.15, 0.2) is 11.8 Å². The maximum Gasteiger partial charge on any atom is 0.192 e. The largest absolute Gasteiger partial charge is 0.354 e. The number of aryl methyl sites for hydroxylation is 1. The van der Waals surface area contributed by atoms with Crippen LogP contribution in [0, 0.1) is 12.3 Å². The van der Waals surface area contributed by atoms with Crippen LogP contribution < -0.4 is 10.6 Å². The van der Waals surface area contributed by atoms with Crippen LogP contribution in [0.3, 0.4) is 0 Å². The molecule has 1 aromatic carbocycles. The van der Waals surface area contributed by atoms with Crippen LogP contribution in [0.2, 0.25) is 0 Å². The van der Waals surface area contributed by atoms with E-state index in [1.165, 1.54) is 31.2 Å². The number of benzene rings is 1. The third-order valence-electron chi connectivity index (χ3n) is 5.89. The zero-order valence-corrected chi connectivity index (χ0v) is 17.9. The molecule has 1 aromatic heterocycles. The molecular weight excluding hydrogens is 348 g/mol. The van der Waals surface area contributed by atoms with Crippen LogP contribution in [-0.2, 0) is 13.6 Å². The van der Waals surface area contributed by atoms with Crippen LogP contribution in [0.1, 0.15) is 69.7 Å². The fraction of sp³-hybridized carbons (Fsp3) is 0.591. The highest BCUT2D eigenvalue weighted by molar-refractivity contribution is 5.80. The fourth-order valence-corrected chi connectivity index (χ4v) is 3.64. The summed E-state index contributed by atoms with van der Waals surface area (Å²) in [5.41, 5.74) is 1.70. The van der Waals surface area contributed by atoms with Gasteiger partial charge in [0.25, 0.3) is 0 Å². The van der Waals surface area contributed by atoms with E-state index >= 15 is 0 Å². The molecule has 1 atom stereocenters. The Labute approximate surface area is 168 Å². The molecule has 0 radical (unpaired) electrons. The van der Waals surface area contributed by atoms with E-state index in [0.717, 1.165) is 17.6 Å². The Hall–Kier alpha value is -2.37. The van der Waals surface area contributed by atoms with E-state index < -0.39 is 0 Å². The Morgan fingerprint density at radius 2 is 1.89 bits per heavy atom. The van der Waals surface area contributed by atoms with Gasteiger partial charge in [0.05, 0.1) is 6.04 Å². The molecule has 0 spiro atoms. The number of nitrogens with one attached hydrogen (secondary N) is 2. The molecule has 3 rings (SSSR count). The topological polar surface area (TPSA) is 67.1 Å². The Balaban J connectivity index is 1.71. The van der Waals surface area contributed by atoms with Crippen LogP contribution in [0.4, 0.5) is 0 Å². The van der Waals surface area contributed by atoms with Crippen molar-refractivity contribution in [3.63, 3.8) is 0 Å². The minimum Gasteiger partial charge on any atom is -0.354 e. The van der Waals surface area contributed by atoms with Crippen LogP contribution >= 0.6 is 0 Å². The smallest absolute Gasteiger partial charge is 0.192 e. The van der Waals surface area contributed by atoms with E-state index in [1.54, 1.807) is 0 Å². The molecule has 28 heavy (non-hydrogen) atoms. The Bertz CT molecular complexity index is 783. The van der Waals surface area contributed by atoms with E-state index in [2.05, 4.69) is 65.9 Å². The summed E-state index contributed by atoms with van der Waals surface area (Å²) in [6.07, 6.45) is 4.84. The highest BCUT2D eigenvalue weighted by atomic mass is 15.3. The molecule has 6 heteroatoms. The number of guanidine groups is 1. The number of rotatable bonds is 5. The highest BCUT2D eigenvalue weighted by Crippen LogP contribution is 2.35. The first kappa shape index (κ1) is 20.4. The Morgan fingerprint density at radius 3 is 2.50 bits per heavy atom. The lowest BCUT2D eigenvalue weighted by atomic mass is 9.75. The summed E-state index contributed by atoms with van der Waals surface area (Å²) in [5.74, 6) is 2.62. The van der Waals surface area contributed by atoms with Crippen molar-refractivity contribution in [3.05, 3.63) is 47.5 Å². The Kier molecular flexibility index (Phi) is 6.37. The van der Waals surface area contributed by atoms with Crippen LogP contribution in [-0.4, -0.2) is 26.8 Å². The molecule has 0 aliphatic heterocycles. The summed E-state index contributed by atoms with van der Waals surface area (Å²) >= 11 is 0. The van der Waals surface area contributed by atoms with Crippen molar-refractivity contribution in [3.8, 4) is 0 Å².